The van der Waals surface area contributed by atoms with Crippen LogP contribution in [0.25, 0.3) is 126 Å². The van der Waals surface area contributed by atoms with E-state index >= 15 is 0 Å². The average Bonchev–Trinajstić information content (AvgIpc) is 1.22. The molecule has 16 aromatic carbocycles. The Kier molecular flexibility index (Phi) is 20.1. The van der Waals surface area contributed by atoms with E-state index in [0.29, 0.717) is 11.5 Å². The van der Waals surface area contributed by atoms with Crippen LogP contribution in [0, 0.1) is 5.92 Å². The van der Waals surface area contributed by atoms with Crippen molar-refractivity contribution < 1.29 is 11.4 Å². The zero-order valence-corrected chi connectivity index (χ0v) is 66.0. The monoisotopic (exact) mass is 1550 g/mol. The largest absolute Gasteiger partial charge is 1.20 e. The lowest BCUT2D eigenvalue weighted by atomic mass is 9.85. The first-order valence-electron chi connectivity index (χ1n) is 40.1. The summed E-state index contributed by atoms with van der Waals surface area (Å²) in [6, 6.07) is 137. The van der Waals surface area contributed by atoms with Crippen molar-refractivity contribution in [2.45, 2.75) is 6.04 Å². The zero-order chi connectivity index (χ0) is 79.2. The van der Waals surface area contributed by atoms with Crippen LogP contribution in [0.4, 0.5) is 34.1 Å². The Balaban J connectivity index is 0.000000116. The first-order valence-corrected chi connectivity index (χ1v) is 41.5. The molecule has 20 aromatic rings. The SMILES string of the molecule is C1=CC2C=CC=C([O][Al]([O]c3cccc4cccnc34)[O]c3cccc4cccnc34)C2N=C1.c1ccc(N(c2ccc(-c3ccc(N(c4ccccc4)c4cccc5ccccc45)cc3)cc2)c2cccc3ccccc23)cc1.c1ccc2cc(-c3c4ccccc4c(-c4ccc(-c5cn6ccccc6n5)cc4)c4ccccc34)ccc2c1. The van der Waals surface area contributed by atoms with Gasteiger partial charge in [0.2, 0.25) is 0 Å². The van der Waals surface area contributed by atoms with Crippen molar-refractivity contribution in [3.8, 4) is 56.1 Å². The summed E-state index contributed by atoms with van der Waals surface area (Å²) in [6.45, 7) is 0. The number of aromatic nitrogens is 4. The Bertz CT molecular complexity index is 6900. The van der Waals surface area contributed by atoms with Gasteiger partial charge in [-0.1, -0.05) is 303 Å². The number of pyridine rings is 3. The van der Waals surface area contributed by atoms with E-state index in [-0.39, 0.29) is 12.0 Å². The number of allylic oxidation sites excluding steroid dienone is 3. The van der Waals surface area contributed by atoms with Crippen molar-refractivity contribution in [3.05, 3.63) is 449 Å². The van der Waals surface area contributed by atoms with Gasteiger partial charge in [-0.05, 0) is 192 Å². The normalized spacial score (nSPS) is 13.3. The van der Waals surface area contributed by atoms with E-state index in [4.69, 9.17) is 16.3 Å². The minimum atomic E-state index is -2.82. The van der Waals surface area contributed by atoms with Crippen LogP contribution in [0.1, 0.15) is 0 Å². The van der Waals surface area contributed by atoms with Crippen LogP contribution < -0.4 is 17.4 Å². The number of fused-ring (bicyclic) bond motifs is 9. The summed E-state index contributed by atoms with van der Waals surface area (Å²) in [6.07, 6.45) is 19.6. The van der Waals surface area contributed by atoms with Crippen molar-refractivity contribution in [1.29, 1.82) is 0 Å². The Morgan fingerprint density at radius 3 is 1.30 bits per heavy atom. The number of benzene rings is 16. The summed E-state index contributed by atoms with van der Waals surface area (Å²) in [5.74, 6) is 2.13. The van der Waals surface area contributed by atoms with Gasteiger partial charge in [-0.2, -0.15) is 0 Å². The smallest absolute Gasteiger partial charge is 0.579 e. The third kappa shape index (κ3) is 14.9. The van der Waals surface area contributed by atoms with Crippen molar-refractivity contribution in [1.82, 2.24) is 19.4 Å². The van der Waals surface area contributed by atoms with E-state index in [0.717, 1.165) is 78.6 Å². The summed E-state index contributed by atoms with van der Waals surface area (Å²) in [7, 11) is 0. The van der Waals surface area contributed by atoms with Crippen LogP contribution in [-0.2, 0) is 3.79 Å². The number of dihydropyridines is 1. The predicted molar refractivity (Wildman–Crippen MR) is 494 cm³/mol. The molecule has 2 unspecified atom stereocenters. The highest BCUT2D eigenvalue weighted by Gasteiger charge is 2.47. The average molecular weight is 1550 g/mol. The Morgan fingerprint density at radius 1 is 0.319 bits per heavy atom. The second kappa shape index (κ2) is 32.9. The molecule has 0 N–H and O–H groups in total. The summed E-state index contributed by atoms with van der Waals surface area (Å²) >= 11 is -2.82. The molecule has 0 saturated carbocycles. The van der Waals surface area contributed by atoms with Crippen molar-refractivity contribution in [3.63, 3.8) is 0 Å². The molecule has 22 rings (SSSR count). The lowest BCUT2D eigenvalue weighted by Crippen LogP contribution is -2.37. The molecule has 1 aliphatic heterocycles. The van der Waals surface area contributed by atoms with Gasteiger partial charge in [-0.25, -0.2) is 4.98 Å². The second-order valence-corrected chi connectivity index (χ2v) is 30.8. The van der Waals surface area contributed by atoms with E-state index in [2.05, 4.69) is 357 Å². The summed E-state index contributed by atoms with van der Waals surface area (Å²) in [5, 5.41) is 14.5. The maximum atomic E-state index is 6.47. The maximum Gasteiger partial charge on any atom is 1.20 e. The summed E-state index contributed by atoms with van der Waals surface area (Å²) in [5.41, 5.74) is 18.8. The van der Waals surface area contributed by atoms with E-state index in [9.17, 15) is 0 Å². The molecule has 0 bridgehead atoms. The van der Waals surface area contributed by atoms with Crippen LogP contribution in [0.5, 0.6) is 11.5 Å². The number of aliphatic imine (C=N–C) groups is 1. The summed E-state index contributed by atoms with van der Waals surface area (Å²) < 4.78 is 21.4. The topological polar surface area (TPSA) is 89.6 Å². The molecule has 1 aliphatic carbocycles. The number of nitrogens with zero attached hydrogens (tertiary/aromatic N) is 7. The van der Waals surface area contributed by atoms with E-state index < -0.39 is 15.1 Å². The van der Waals surface area contributed by atoms with Crippen LogP contribution in [0.15, 0.2) is 454 Å². The number of anilines is 6. The molecule has 0 spiro atoms. The molecule has 2 atom stereocenters. The van der Waals surface area contributed by atoms with Crippen molar-refractivity contribution in [2.24, 2.45) is 10.9 Å². The van der Waals surface area contributed by atoms with Gasteiger partial charge in [0.1, 0.15) is 34.2 Å². The fourth-order valence-electron chi connectivity index (χ4n) is 16.6. The molecule has 0 saturated heterocycles. The maximum absolute atomic E-state index is 6.47. The summed E-state index contributed by atoms with van der Waals surface area (Å²) in [4.78, 5) is 23.2. The number of imidazole rings is 1. The van der Waals surface area contributed by atoms with Gasteiger partial charge in [0, 0.05) is 86.8 Å². The first-order chi connectivity index (χ1) is 59.0. The van der Waals surface area contributed by atoms with Gasteiger partial charge in [0.15, 0.2) is 0 Å². The molecule has 11 heteroatoms. The molecule has 4 aromatic heterocycles. The standard InChI is InChI=1S/C44H32N2.C37H24N2.C9H9NO.2C9H7NO.Al/c1-3-17-37(18-4-1)45(43-23-11-15-35-13-7-9-21-41(35)43)39-29-25-33(26-30-39)34-27-31-40(32-28-34)46(38-19-5-2-6-20-38)44-24-12-16-36-14-8-10-22-42(36)44;1-2-10-28-23-29(21-16-25(28)9-1)37-32-13-5-3-11-30(32)36(31-12-4-6-14-33(31)37)27-19-17-26(18-20-27)34-24-39-22-8-7-15-35(39)38-34;3*11-8-5-1-3-7-4-2-6-10-9(7)8;/h1-32H;1-24H;1-7,9,11H;2*1-6,11H;/q;;;;;+3/p-3. The molecule has 119 heavy (non-hydrogen) atoms. The second-order valence-electron chi connectivity index (χ2n) is 29.5. The molecular formula is C108H76AlN7O3. The lowest BCUT2D eigenvalue weighted by molar-refractivity contribution is 0.238. The lowest BCUT2D eigenvalue weighted by Gasteiger charge is -2.28. The Hall–Kier alpha value is -15.2. The zero-order valence-electron chi connectivity index (χ0n) is 64.8. The van der Waals surface area contributed by atoms with Crippen molar-refractivity contribution >= 4 is 137 Å². The highest BCUT2D eigenvalue weighted by Crippen LogP contribution is 2.47. The highest BCUT2D eigenvalue weighted by molar-refractivity contribution is 6.39. The van der Waals surface area contributed by atoms with Crippen molar-refractivity contribution in [2.75, 3.05) is 9.80 Å². The van der Waals surface area contributed by atoms with E-state index in [1.807, 2.05) is 103 Å². The Labute approximate surface area is 694 Å². The minimum absolute atomic E-state index is 0.131. The van der Waals surface area contributed by atoms with Gasteiger partial charge in [0.05, 0.1) is 22.8 Å². The number of hydrogen-bond acceptors (Lipinski definition) is 9. The van der Waals surface area contributed by atoms with Crippen LogP contribution >= 0.6 is 0 Å². The number of hydrogen-bond donors (Lipinski definition) is 0. The third-order valence-corrected chi connectivity index (χ3v) is 23.6. The minimum Gasteiger partial charge on any atom is -0.579 e. The molecular weight excluding hydrogens is 1470 g/mol. The number of para-hydroxylation sites is 4. The first kappa shape index (κ1) is 72.7. The molecule has 5 heterocycles. The van der Waals surface area contributed by atoms with Gasteiger partial charge in [-0.15, -0.1) is 0 Å². The van der Waals surface area contributed by atoms with Gasteiger partial charge in [-0.3, -0.25) is 15.0 Å². The molecule has 564 valence electrons. The quantitative estimate of drug-likeness (QED) is 0.0698. The molecule has 2 aliphatic rings. The molecule has 0 amide bonds. The fraction of sp³-hybridized carbons (Fsp3) is 0.0185. The molecule has 0 radical (unpaired) electrons. The fourth-order valence-corrected chi connectivity index (χ4v) is 18.0. The van der Waals surface area contributed by atoms with Crippen LogP contribution in [0.2, 0.25) is 0 Å². The van der Waals surface area contributed by atoms with Gasteiger partial charge in [0.25, 0.3) is 0 Å². The van der Waals surface area contributed by atoms with Gasteiger partial charge >= 0.3 is 15.1 Å². The van der Waals surface area contributed by atoms with Crippen LogP contribution in [0.3, 0.4) is 0 Å². The predicted octanol–water partition coefficient (Wildman–Crippen LogP) is 27.7. The highest BCUT2D eigenvalue weighted by atomic mass is 27.3. The molecule has 0 fully saturated rings. The Morgan fingerprint density at radius 2 is 0.748 bits per heavy atom. The van der Waals surface area contributed by atoms with E-state index in [1.54, 1.807) is 18.6 Å². The molecule has 10 nitrogen and oxygen atoms in total. The third-order valence-electron chi connectivity index (χ3n) is 22.2. The number of rotatable bonds is 16. The van der Waals surface area contributed by atoms with Gasteiger partial charge < -0.3 is 25.6 Å². The van der Waals surface area contributed by atoms with E-state index in [1.165, 1.54) is 87.2 Å². The van der Waals surface area contributed by atoms with Crippen LogP contribution in [-0.4, -0.2) is 46.8 Å².